The van der Waals surface area contributed by atoms with Crippen LogP contribution in [0.2, 0.25) is 0 Å². The molecular weight excluding hydrogens is 203 g/mol. The molecule has 0 saturated carbocycles. The van der Waals surface area contributed by atoms with Gasteiger partial charge >= 0.3 is 0 Å². The van der Waals surface area contributed by atoms with Gasteiger partial charge in [-0.3, -0.25) is 0 Å². The molecule has 16 heavy (non-hydrogen) atoms. The summed E-state index contributed by atoms with van der Waals surface area (Å²) in [4.78, 5) is 0. The topological polar surface area (TPSA) is 17.8 Å². The minimum atomic E-state index is -0.240. The maximum absolute atomic E-state index is 13.6. The van der Waals surface area contributed by atoms with Crippen LogP contribution in [0.5, 0.6) is 0 Å². The number of benzene rings is 1. The number of rotatable bonds is 2. The van der Waals surface area contributed by atoms with Crippen LogP contribution in [0.1, 0.15) is 23.9 Å². The van der Waals surface area contributed by atoms with Crippen LogP contribution < -0.4 is 0 Å². The lowest BCUT2D eigenvalue weighted by atomic mass is 10.1. The molecule has 1 aromatic carbocycles. The lowest BCUT2D eigenvalue weighted by Gasteiger charge is -2.05. The standard InChI is InChI=1S/C13H15FN2/c1-4-11-9(2)15-16(10(11)3)13-8-6-5-7-12(13)14/h5-8H,4H2,1-3H3. The van der Waals surface area contributed by atoms with Crippen molar-refractivity contribution < 1.29 is 4.39 Å². The Hall–Kier alpha value is -1.64. The van der Waals surface area contributed by atoms with Crippen LogP contribution in [-0.2, 0) is 6.42 Å². The molecule has 1 aromatic heterocycles. The van der Waals surface area contributed by atoms with Crippen LogP contribution in [0.25, 0.3) is 5.69 Å². The average Bonchev–Trinajstić information content (AvgIpc) is 2.55. The van der Waals surface area contributed by atoms with Crippen LogP contribution >= 0.6 is 0 Å². The van der Waals surface area contributed by atoms with Gasteiger partial charge in [-0.1, -0.05) is 19.1 Å². The van der Waals surface area contributed by atoms with E-state index >= 15 is 0 Å². The third kappa shape index (κ3) is 1.62. The van der Waals surface area contributed by atoms with Crippen molar-refractivity contribution >= 4 is 0 Å². The molecule has 0 amide bonds. The summed E-state index contributed by atoms with van der Waals surface area (Å²) in [6.07, 6.45) is 0.923. The monoisotopic (exact) mass is 218 g/mol. The highest BCUT2D eigenvalue weighted by atomic mass is 19.1. The van der Waals surface area contributed by atoms with Gasteiger partial charge in [0.05, 0.1) is 5.69 Å². The van der Waals surface area contributed by atoms with Crippen molar-refractivity contribution in [2.75, 3.05) is 0 Å². The van der Waals surface area contributed by atoms with E-state index in [0.29, 0.717) is 5.69 Å². The van der Waals surface area contributed by atoms with Crippen molar-refractivity contribution in [3.63, 3.8) is 0 Å². The molecule has 0 aliphatic rings. The highest BCUT2D eigenvalue weighted by Crippen LogP contribution is 2.19. The Morgan fingerprint density at radius 3 is 2.50 bits per heavy atom. The number of halogens is 1. The highest BCUT2D eigenvalue weighted by molar-refractivity contribution is 5.38. The number of aryl methyl sites for hydroxylation is 1. The second-order valence-corrected chi connectivity index (χ2v) is 3.87. The molecule has 0 radical (unpaired) electrons. The maximum Gasteiger partial charge on any atom is 0.148 e. The van der Waals surface area contributed by atoms with E-state index in [4.69, 9.17) is 0 Å². The van der Waals surface area contributed by atoms with E-state index in [9.17, 15) is 4.39 Å². The zero-order valence-electron chi connectivity index (χ0n) is 9.79. The fourth-order valence-electron chi connectivity index (χ4n) is 2.04. The molecule has 0 aliphatic carbocycles. The Bertz CT molecular complexity index is 515. The first-order valence-electron chi connectivity index (χ1n) is 5.45. The summed E-state index contributed by atoms with van der Waals surface area (Å²) < 4.78 is 15.3. The van der Waals surface area contributed by atoms with E-state index < -0.39 is 0 Å². The summed E-state index contributed by atoms with van der Waals surface area (Å²) in [5, 5.41) is 4.39. The van der Waals surface area contributed by atoms with E-state index in [1.807, 2.05) is 19.9 Å². The number of hydrogen-bond donors (Lipinski definition) is 0. The largest absolute Gasteiger partial charge is 0.235 e. The van der Waals surface area contributed by atoms with Gasteiger partial charge < -0.3 is 0 Å². The number of hydrogen-bond acceptors (Lipinski definition) is 1. The van der Waals surface area contributed by atoms with Crippen molar-refractivity contribution in [3.8, 4) is 5.69 Å². The van der Waals surface area contributed by atoms with Crippen LogP contribution in [0.15, 0.2) is 24.3 Å². The van der Waals surface area contributed by atoms with Gasteiger partial charge in [-0.05, 0) is 38.0 Å². The first kappa shape index (κ1) is 10.9. The maximum atomic E-state index is 13.6. The van der Waals surface area contributed by atoms with Gasteiger partial charge in [0, 0.05) is 5.69 Å². The molecule has 2 rings (SSSR count). The highest BCUT2D eigenvalue weighted by Gasteiger charge is 2.13. The Labute approximate surface area is 94.7 Å². The van der Waals surface area contributed by atoms with Crippen molar-refractivity contribution in [2.24, 2.45) is 0 Å². The summed E-state index contributed by atoms with van der Waals surface area (Å²) in [5.41, 5.74) is 3.71. The molecule has 84 valence electrons. The molecule has 0 N–H and O–H groups in total. The molecule has 2 nitrogen and oxygen atoms in total. The summed E-state index contributed by atoms with van der Waals surface area (Å²) in [7, 11) is 0. The lowest BCUT2D eigenvalue weighted by molar-refractivity contribution is 0.608. The third-order valence-electron chi connectivity index (χ3n) is 2.88. The van der Waals surface area contributed by atoms with E-state index in [0.717, 1.165) is 17.8 Å². The second kappa shape index (κ2) is 4.08. The van der Waals surface area contributed by atoms with Gasteiger partial charge in [-0.25, -0.2) is 9.07 Å². The van der Waals surface area contributed by atoms with Gasteiger partial charge in [-0.2, -0.15) is 5.10 Å². The van der Waals surface area contributed by atoms with Crippen LogP contribution in [0.3, 0.4) is 0 Å². The molecule has 1 heterocycles. The fourth-order valence-corrected chi connectivity index (χ4v) is 2.04. The van der Waals surface area contributed by atoms with Gasteiger partial charge in [-0.15, -0.1) is 0 Å². The minimum Gasteiger partial charge on any atom is -0.235 e. The van der Waals surface area contributed by atoms with Crippen LogP contribution in [-0.4, -0.2) is 9.78 Å². The number of aromatic nitrogens is 2. The average molecular weight is 218 g/mol. The van der Waals surface area contributed by atoms with Crippen LogP contribution in [0, 0.1) is 19.7 Å². The van der Waals surface area contributed by atoms with Gasteiger partial charge in [0.25, 0.3) is 0 Å². The Morgan fingerprint density at radius 2 is 1.94 bits per heavy atom. The molecule has 0 atom stereocenters. The SMILES string of the molecule is CCc1c(C)nn(-c2ccccc2F)c1C. The Balaban J connectivity index is 2.62. The van der Waals surface area contributed by atoms with E-state index in [1.54, 1.807) is 16.8 Å². The van der Waals surface area contributed by atoms with Crippen LogP contribution in [0.4, 0.5) is 4.39 Å². The Morgan fingerprint density at radius 1 is 1.25 bits per heavy atom. The van der Waals surface area contributed by atoms with Crippen molar-refractivity contribution in [1.29, 1.82) is 0 Å². The molecule has 0 aliphatic heterocycles. The molecule has 0 fully saturated rings. The molecule has 2 aromatic rings. The van der Waals surface area contributed by atoms with Gasteiger partial charge in [0.1, 0.15) is 11.5 Å². The summed E-state index contributed by atoms with van der Waals surface area (Å²) in [6.45, 7) is 6.02. The van der Waals surface area contributed by atoms with E-state index in [1.165, 1.54) is 11.6 Å². The van der Waals surface area contributed by atoms with Crippen molar-refractivity contribution in [3.05, 3.63) is 47.0 Å². The Kier molecular flexibility index (Phi) is 2.77. The summed E-state index contributed by atoms with van der Waals surface area (Å²) in [5.74, 6) is -0.240. The molecule has 0 unspecified atom stereocenters. The van der Waals surface area contributed by atoms with Gasteiger partial charge in [0.2, 0.25) is 0 Å². The minimum absolute atomic E-state index is 0.240. The zero-order valence-corrected chi connectivity index (χ0v) is 9.79. The summed E-state index contributed by atoms with van der Waals surface area (Å²) >= 11 is 0. The normalized spacial score (nSPS) is 10.8. The molecule has 0 bridgehead atoms. The quantitative estimate of drug-likeness (QED) is 0.757. The predicted molar refractivity (Wildman–Crippen MR) is 62.4 cm³/mol. The molecular formula is C13H15FN2. The van der Waals surface area contributed by atoms with Crippen molar-refractivity contribution in [1.82, 2.24) is 9.78 Å². The number of nitrogens with zero attached hydrogens (tertiary/aromatic N) is 2. The lowest BCUT2D eigenvalue weighted by Crippen LogP contribution is -2.02. The third-order valence-corrected chi connectivity index (χ3v) is 2.88. The summed E-state index contributed by atoms with van der Waals surface area (Å²) in [6, 6.07) is 6.71. The number of para-hydroxylation sites is 1. The van der Waals surface area contributed by atoms with Crippen molar-refractivity contribution in [2.45, 2.75) is 27.2 Å². The molecule has 0 spiro atoms. The first-order chi connectivity index (χ1) is 7.65. The fraction of sp³-hybridized carbons (Fsp3) is 0.308. The predicted octanol–water partition coefficient (Wildman–Crippen LogP) is 3.19. The first-order valence-corrected chi connectivity index (χ1v) is 5.45. The van der Waals surface area contributed by atoms with Gasteiger partial charge in [0.15, 0.2) is 0 Å². The molecule has 3 heteroatoms. The van der Waals surface area contributed by atoms with E-state index in [2.05, 4.69) is 12.0 Å². The molecule has 0 saturated heterocycles. The zero-order chi connectivity index (χ0) is 11.7. The smallest absolute Gasteiger partial charge is 0.148 e. The van der Waals surface area contributed by atoms with E-state index in [-0.39, 0.29) is 5.82 Å². The second-order valence-electron chi connectivity index (χ2n) is 3.87.